The van der Waals surface area contributed by atoms with E-state index in [0.29, 0.717) is 6.42 Å². The Hall–Kier alpha value is -1.49. The third-order valence-electron chi connectivity index (χ3n) is 2.03. The fourth-order valence-corrected chi connectivity index (χ4v) is 1.16. The lowest BCUT2D eigenvalue weighted by atomic mass is 10.2. The predicted octanol–water partition coefficient (Wildman–Crippen LogP) is 2.03. The number of benzene rings is 1. The summed E-state index contributed by atoms with van der Waals surface area (Å²) in [4.78, 5) is 11.3. The summed E-state index contributed by atoms with van der Waals surface area (Å²) < 4.78 is 25.9. The Balaban J connectivity index is 2.59. The molecular formula is C11H14F2N2O. The van der Waals surface area contributed by atoms with Gasteiger partial charge in [-0.05, 0) is 25.5 Å². The third-order valence-corrected chi connectivity index (χ3v) is 2.03. The molecule has 0 saturated heterocycles. The quantitative estimate of drug-likeness (QED) is 0.828. The van der Waals surface area contributed by atoms with E-state index >= 15 is 0 Å². The zero-order valence-electron chi connectivity index (χ0n) is 8.97. The van der Waals surface area contributed by atoms with Crippen molar-refractivity contribution >= 4 is 11.6 Å². The van der Waals surface area contributed by atoms with Crippen LogP contribution < -0.4 is 11.1 Å². The molecule has 0 aliphatic heterocycles. The first-order chi connectivity index (χ1) is 7.49. The molecule has 3 N–H and O–H groups in total. The van der Waals surface area contributed by atoms with Crippen LogP contribution >= 0.6 is 0 Å². The zero-order chi connectivity index (χ0) is 12.1. The SMILES string of the molecule is CC(N)CCC(=O)Nc1cc(F)ccc1F. The van der Waals surface area contributed by atoms with Crippen molar-refractivity contribution in [1.82, 2.24) is 0 Å². The molecule has 5 heteroatoms. The van der Waals surface area contributed by atoms with Gasteiger partial charge < -0.3 is 11.1 Å². The molecule has 88 valence electrons. The number of carbonyl (C=O) groups excluding carboxylic acids is 1. The molecule has 0 bridgehead atoms. The standard InChI is InChI=1S/C11H14F2N2O/c1-7(14)2-5-11(16)15-10-6-8(12)3-4-9(10)13/h3-4,6-7H,2,5,14H2,1H3,(H,15,16). The van der Waals surface area contributed by atoms with E-state index in [4.69, 9.17) is 5.73 Å². The Morgan fingerprint density at radius 3 is 2.81 bits per heavy atom. The lowest BCUT2D eigenvalue weighted by Gasteiger charge is -2.07. The van der Waals surface area contributed by atoms with Gasteiger partial charge in [0.05, 0.1) is 5.69 Å². The van der Waals surface area contributed by atoms with Gasteiger partial charge in [0.25, 0.3) is 0 Å². The topological polar surface area (TPSA) is 55.1 Å². The number of halogens is 2. The van der Waals surface area contributed by atoms with Crippen LogP contribution in [0.3, 0.4) is 0 Å². The van der Waals surface area contributed by atoms with E-state index in [1.165, 1.54) is 0 Å². The molecule has 0 aromatic heterocycles. The summed E-state index contributed by atoms with van der Waals surface area (Å²) in [5.74, 6) is -1.62. The first kappa shape index (κ1) is 12.6. The molecule has 1 amide bonds. The van der Waals surface area contributed by atoms with Crippen molar-refractivity contribution in [3.63, 3.8) is 0 Å². The molecule has 0 aliphatic rings. The Kier molecular flexibility index (Phi) is 4.37. The molecule has 0 radical (unpaired) electrons. The summed E-state index contributed by atoms with van der Waals surface area (Å²) >= 11 is 0. The summed E-state index contributed by atoms with van der Waals surface area (Å²) in [5.41, 5.74) is 5.33. The van der Waals surface area contributed by atoms with Crippen molar-refractivity contribution in [3.8, 4) is 0 Å². The minimum absolute atomic E-state index is 0.0943. The minimum atomic E-state index is -0.657. The van der Waals surface area contributed by atoms with Crippen molar-refractivity contribution in [1.29, 1.82) is 0 Å². The average molecular weight is 228 g/mol. The molecule has 0 heterocycles. The lowest BCUT2D eigenvalue weighted by molar-refractivity contribution is -0.116. The highest BCUT2D eigenvalue weighted by Crippen LogP contribution is 2.15. The molecule has 1 unspecified atom stereocenters. The van der Waals surface area contributed by atoms with Gasteiger partial charge >= 0.3 is 0 Å². The minimum Gasteiger partial charge on any atom is -0.328 e. The summed E-state index contributed by atoms with van der Waals surface area (Å²) in [6.45, 7) is 1.77. The van der Waals surface area contributed by atoms with Gasteiger partial charge in [-0.3, -0.25) is 4.79 Å². The maximum Gasteiger partial charge on any atom is 0.224 e. The van der Waals surface area contributed by atoms with E-state index in [0.717, 1.165) is 18.2 Å². The van der Waals surface area contributed by atoms with Crippen molar-refractivity contribution in [2.75, 3.05) is 5.32 Å². The fourth-order valence-electron chi connectivity index (χ4n) is 1.16. The Bertz CT molecular complexity index is 380. The van der Waals surface area contributed by atoms with Gasteiger partial charge in [-0.25, -0.2) is 8.78 Å². The van der Waals surface area contributed by atoms with Crippen LogP contribution in [0.2, 0.25) is 0 Å². The Morgan fingerprint density at radius 1 is 1.50 bits per heavy atom. The van der Waals surface area contributed by atoms with Gasteiger partial charge in [-0.1, -0.05) is 0 Å². The second kappa shape index (κ2) is 5.55. The van der Waals surface area contributed by atoms with E-state index in [1.807, 2.05) is 0 Å². The molecule has 3 nitrogen and oxygen atoms in total. The molecule has 0 aliphatic carbocycles. The van der Waals surface area contributed by atoms with Gasteiger partial charge in [0.2, 0.25) is 5.91 Å². The van der Waals surface area contributed by atoms with Crippen molar-refractivity contribution in [2.45, 2.75) is 25.8 Å². The van der Waals surface area contributed by atoms with Crippen LogP contribution in [0.1, 0.15) is 19.8 Å². The number of carbonyl (C=O) groups is 1. The second-order valence-electron chi connectivity index (χ2n) is 3.69. The number of anilines is 1. The Labute approximate surface area is 92.6 Å². The monoisotopic (exact) mass is 228 g/mol. The van der Waals surface area contributed by atoms with Gasteiger partial charge in [-0.15, -0.1) is 0 Å². The normalized spacial score (nSPS) is 12.2. The largest absolute Gasteiger partial charge is 0.328 e. The highest BCUT2D eigenvalue weighted by molar-refractivity contribution is 5.90. The lowest BCUT2D eigenvalue weighted by Crippen LogP contribution is -2.19. The smallest absolute Gasteiger partial charge is 0.224 e. The van der Waals surface area contributed by atoms with E-state index in [-0.39, 0.29) is 24.1 Å². The Morgan fingerprint density at radius 2 is 2.19 bits per heavy atom. The van der Waals surface area contributed by atoms with Crippen LogP contribution in [0.15, 0.2) is 18.2 Å². The average Bonchev–Trinajstić information content (AvgIpc) is 2.20. The van der Waals surface area contributed by atoms with Crippen molar-refractivity contribution < 1.29 is 13.6 Å². The van der Waals surface area contributed by atoms with Gasteiger partial charge in [0, 0.05) is 18.5 Å². The van der Waals surface area contributed by atoms with Crippen molar-refractivity contribution in [2.24, 2.45) is 5.73 Å². The number of nitrogens with two attached hydrogens (primary N) is 1. The van der Waals surface area contributed by atoms with Gasteiger partial charge in [0.1, 0.15) is 11.6 Å². The molecule has 16 heavy (non-hydrogen) atoms. The van der Waals surface area contributed by atoms with Gasteiger partial charge in [-0.2, -0.15) is 0 Å². The number of hydrogen-bond acceptors (Lipinski definition) is 2. The van der Waals surface area contributed by atoms with Crippen LogP contribution in [0.25, 0.3) is 0 Å². The number of amides is 1. The van der Waals surface area contributed by atoms with E-state index in [1.54, 1.807) is 6.92 Å². The van der Waals surface area contributed by atoms with Crippen LogP contribution in [0.4, 0.5) is 14.5 Å². The first-order valence-corrected chi connectivity index (χ1v) is 4.99. The molecule has 1 atom stereocenters. The maximum atomic E-state index is 13.1. The number of nitrogens with one attached hydrogen (secondary N) is 1. The summed E-state index contributed by atoms with van der Waals surface area (Å²) in [7, 11) is 0. The molecule has 0 spiro atoms. The van der Waals surface area contributed by atoms with Gasteiger partial charge in [0.15, 0.2) is 0 Å². The summed E-state index contributed by atoms with van der Waals surface area (Å²) in [6, 6.07) is 2.81. The molecule has 1 rings (SSSR count). The molecule has 0 saturated carbocycles. The summed E-state index contributed by atoms with van der Waals surface area (Å²) in [6.07, 6.45) is 0.691. The van der Waals surface area contributed by atoms with E-state index < -0.39 is 11.6 Å². The predicted molar refractivity (Wildman–Crippen MR) is 57.9 cm³/mol. The highest BCUT2D eigenvalue weighted by atomic mass is 19.1. The fraction of sp³-hybridized carbons (Fsp3) is 0.364. The van der Waals surface area contributed by atoms with Crippen LogP contribution in [0, 0.1) is 11.6 Å². The third kappa shape index (κ3) is 3.94. The number of rotatable bonds is 4. The molecular weight excluding hydrogens is 214 g/mol. The highest BCUT2D eigenvalue weighted by Gasteiger charge is 2.08. The maximum absolute atomic E-state index is 13.1. The molecule has 1 aromatic rings. The molecule has 0 fully saturated rings. The number of hydrogen-bond donors (Lipinski definition) is 2. The molecule has 1 aromatic carbocycles. The first-order valence-electron chi connectivity index (χ1n) is 4.99. The van der Waals surface area contributed by atoms with Crippen LogP contribution in [0.5, 0.6) is 0 Å². The van der Waals surface area contributed by atoms with E-state index in [9.17, 15) is 13.6 Å². The summed E-state index contributed by atoms with van der Waals surface area (Å²) in [5, 5.41) is 2.30. The zero-order valence-corrected chi connectivity index (χ0v) is 8.97. The van der Waals surface area contributed by atoms with Crippen LogP contribution in [-0.2, 0) is 4.79 Å². The van der Waals surface area contributed by atoms with E-state index in [2.05, 4.69) is 5.32 Å². The van der Waals surface area contributed by atoms with Crippen LogP contribution in [-0.4, -0.2) is 11.9 Å². The second-order valence-corrected chi connectivity index (χ2v) is 3.69. The van der Waals surface area contributed by atoms with Crippen molar-refractivity contribution in [3.05, 3.63) is 29.8 Å².